The van der Waals surface area contributed by atoms with E-state index in [1.54, 1.807) is 6.07 Å². The number of phenols is 1. The third-order valence-corrected chi connectivity index (χ3v) is 2.34. The van der Waals surface area contributed by atoms with Crippen molar-refractivity contribution in [2.45, 2.75) is 13.8 Å². The van der Waals surface area contributed by atoms with E-state index < -0.39 is 20.8 Å². The monoisotopic (exact) mass is 316 g/mol. The molecule has 0 radical (unpaired) electrons. The zero-order valence-corrected chi connectivity index (χ0v) is 11.5. The molecule has 3 N–H and O–H groups in total. The van der Waals surface area contributed by atoms with Crippen LogP contribution >= 0.6 is 0 Å². The fourth-order valence-corrected chi connectivity index (χ4v) is 1.37. The van der Waals surface area contributed by atoms with Crippen LogP contribution in [-0.2, 0) is 29.5 Å². The van der Waals surface area contributed by atoms with E-state index in [1.165, 1.54) is 0 Å². The molecule has 0 aromatic heterocycles. The van der Waals surface area contributed by atoms with E-state index in [9.17, 15) is 16.8 Å². The first-order valence-electron chi connectivity index (χ1n) is 4.50. The number of phenolic OH excluding ortho intramolecular Hbond substituents is 1. The summed E-state index contributed by atoms with van der Waals surface area (Å²) in [4.78, 5) is 0. The van der Waals surface area contributed by atoms with Gasteiger partial charge in [-0.1, -0.05) is 20.8 Å². The second-order valence-electron chi connectivity index (χ2n) is 3.21. The third kappa shape index (κ3) is 9.35. The summed E-state index contributed by atoms with van der Waals surface area (Å²) in [6.07, 6.45) is 0. The molecule has 0 fully saturated rings. The Bertz CT molecular complexity index is 565. The SMILES string of the molecule is Cc1cccc(O)c1C.O=S(=O)(O)OOS(=O)(=O)O. The van der Waals surface area contributed by atoms with Gasteiger partial charge in [-0.2, -0.15) is 16.8 Å². The van der Waals surface area contributed by atoms with E-state index in [2.05, 4.69) is 8.67 Å². The number of hydrogen-bond donors (Lipinski definition) is 3. The summed E-state index contributed by atoms with van der Waals surface area (Å²) < 4.78 is 58.9. The van der Waals surface area contributed by atoms with Crippen LogP contribution in [0.15, 0.2) is 18.2 Å². The van der Waals surface area contributed by atoms with Gasteiger partial charge >= 0.3 is 20.8 Å². The standard InChI is InChI=1S/C8H10O.H2O8S2/c1-6-4-3-5-8(9)7(6)2;1-9(2,3)7-8-10(4,5)6/h3-5,9H,1-2H3;(H,1,2,3)(H,4,5,6). The highest BCUT2D eigenvalue weighted by Gasteiger charge is 2.13. The van der Waals surface area contributed by atoms with E-state index in [0.717, 1.165) is 11.1 Å². The molecule has 19 heavy (non-hydrogen) atoms. The van der Waals surface area contributed by atoms with Crippen LogP contribution in [0.3, 0.4) is 0 Å². The average Bonchev–Trinajstić information content (AvgIpc) is 2.22. The number of aryl methyl sites for hydroxylation is 1. The third-order valence-electron chi connectivity index (χ3n) is 1.78. The van der Waals surface area contributed by atoms with Crippen molar-refractivity contribution >= 4 is 20.8 Å². The van der Waals surface area contributed by atoms with Crippen LogP contribution in [0.5, 0.6) is 5.75 Å². The van der Waals surface area contributed by atoms with E-state index in [-0.39, 0.29) is 0 Å². The van der Waals surface area contributed by atoms with Crippen LogP contribution in [0.4, 0.5) is 0 Å². The Morgan fingerprint density at radius 3 is 1.63 bits per heavy atom. The molecule has 0 saturated heterocycles. The van der Waals surface area contributed by atoms with Gasteiger partial charge in [0.25, 0.3) is 0 Å². The Labute approximate surface area is 110 Å². The van der Waals surface area contributed by atoms with Gasteiger partial charge in [-0.25, -0.2) is 0 Å². The van der Waals surface area contributed by atoms with E-state index in [4.69, 9.17) is 14.2 Å². The lowest BCUT2D eigenvalue weighted by Gasteiger charge is -1.99. The summed E-state index contributed by atoms with van der Waals surface area (Å²) in [6.45, 7) is 3.89. The Balaban J connectivity index is 0.000000342. The van der Waals surface area contributed by atoms with E-state index in [1.807, 2.05) is 26.0 Å². The fourth-order valence-electron chi connectivity index (χ4n) is 0.806. The first-order valence-corrected chi connectivity index (χ1v) is 7.23. The van der Waals surface area contributed by atoms with E-state index >= 15 is 0 Å². The molecule has 1 rings (SSSR count). The van der Waals surface area contributed by atoms with Gasteiger partial charge in [0, 0.05) is 0 Å². The molecule has 1 aromatic carbocycles. The molecule has 0 aliphatic carbocycles. The van der Waals surface area contributed by atoms with Crippen LogP contribution in [0.1, 0.15) is 11.1 Å². The number of aromatic hydroxyl groups is 1. The lowest BCUT2D eigenvalue weighted by Crippen LogP contribution is -2.10. The molecule has 110 valence electrons. The first kappa shape index (κ1) is 17.8. The van der Waals surface area contributed by atoms with Gasteiger partial charge in [0.05, 0.1) is 0 Å². The van der Waals surface area contributed by atoms with Crippen molar-refractivity contribution in [1.29, 1.82) is 0 Å². The van der Waals surface area contributed by atoms with Crippen molar-refractivity contribution in [3.8, 4) is 5.75 Å². The fraction of sp³-hybridized carbons (Fsp3) is 0.250. The van der Waals surface area contributed by atoms with Crippen LogP contribution in [-0.4, -0.2) is 31.0 Å². The molecule has 0 atom stereocenters. The molecule has 0 amide bonds. The molecule has 9 nitrogen and oxygen atoms in total. The lowest BCUT2D eigenvalue weighted by atomic mass is 10.1. The summed E-state index contributed by atoms with van der Waals surface area (Å²) >= 11 is 0. The first-order chi connectivity index (χ1) is 8.42. The molecule has 11 heteroatoms. The molecular weight excluding hydrogens is 304 g/mol. The summed E-state index contributed by atoms with van der Waals surface area (Å²) in [5, 5.41) is 9.10. The summed E-state index contributed by atoms with van der Waals surface area (Å²) in [5.74, 6) is 0.384. The van der Waals surface area contributed by atoms with Crippen molar-refractivity contribution in [2.24, 2.45) is 0 Å². The predicted molar refractivity (Wildman–Crippen MR) is 62.8 cm³/mol. The van der Waals surface area contributed by atoms with Crippen LogP contribution in [0.2, 0.25) is 0 Å². The van der Waals surface area contributed by atoms with Gasteiger partial charge in [0.15, 0.2) is 0 Å². The highest BCUT2D eigenvalue weighted by molar-refractivity contribution is 7.83. The van der Waals surface area contributed by atoms with Crippen LogP contribution < -0.4 is 0 Å². The molecule has 0 heterocycles. The van der Waals surface area contributed by atoms with Crippen molar-refractivity contribution < 1.29 is 39.7 Å². The van der Waals surface area contributed by atoms with Crippen molar-refractivity contribution in [3.05, 3.63) is 29.3 Å². The van der Waals surface area contributed by atoms with Crippen molar-refractivity contribution in [1.82, 2.24) is 0 Å². The average molecular weight is 316 g/mol. The zero-order chi connectivity index (χ0) is 15.3. The van der Waals surface area contributed by atoms with Gasteiger partial charge in [0.1, 0.15) is 5.75 Å². The van der Waals surface area contributed by atoms with Crippen LogP contribution in [0.25, 0.3) is 0 Å². The van der Waals surface area contributed by atoms with Crippen molar-refractivity contribution in [3.63, 3.8) is 0 Å². The molecule has 0 saturated carbocycles. The minimum atomic E-state index is -5.02. The molecule has 1 aromatic rings. The minimum absolute atomic E-state index is 0.384. The van der Waals surface area contributed by atoms with Gasteiger partial charge in [-0.3, -0.25) is 9.11 Å². The Morgan fingerprint density at radius 1 is 0.947 bits per heavy atom. The molecule has 0 spiro atoms. The maximum Gasteiger partial charge on any atom is 0.425 e. The molecular formula is C8H12O9S2. The van der Waals surface area contributed by atoms with E-state index in [0.29, 0.717) is 5.75 Å². The minimum Gasteiger partial charge on any atom is -0.508 e. The van der Waals surface area contributed by atoms with Gasteiger partial charge in [-0.15, -0.1) is 0 Å². The number of hydrogen-bond acceptors (Lipinski definition) is 7. The van der Waals surface area contributed by atoms with Crippen LogP contribution in [0, 0.1) is 13.8 Å². The second kappa shape index (κ2) is 6.79. The van der Waals surface area contributed by atoms with Gasteiger partial charge in [0.2, 0.25) is 0 Å². The largest absolute Gasteiger partial charge is 0.508 e. The highest BCUT2D eigenvalue weighted by atomic mass is 32.3. The normalized spacial score (nSPS) is 11.6. The van der Waals surface area contributed by atoms with Gasteiger partial charge < -0.3 is 5.11 Å². The quantitative estimate of drug-likeness (QED) is 0.413. The lowest BCUT2D eigenvalue weighted by molar-refractivity contribution is -0.105. The second-order valence-corrected chi connectivity index (χ2v) is 5.19. The number of rotatable bonds is 3. The topological polar surface area (TPSA) is 147 Å². The Hall–Kier alpha value is -1.24. The summed E-state index contributed by atoms with van der Waals surface area (Å²) in [5.41, 5.74) is 2.10. The van der Waals surface area contributed by atoms with Crippen molar-refractivity contribution in [2.75, 3.05) is 0 Å². The smallest absolute Gasteiger partial charge is 0.425 e. The zero-order valence-electron chi connectivity index (χ0n) is 9.84. The molecule has 0 unspecified atom stereocenters. The summed E-state index contributed by atoms with van der Waals surface area (Å²) in [7, 11) is -10.0. The maximum absolute atomic E-state index is 9.51. The predicted octanol–water partition coefficient (Wildman–Crippen LogP) is 0.549. The highest BCUT2D eigenvalue weighted by Crippen LogP contribution is 2.17. The van der Waals surface area contributed by atoms with Gasteiger partial charge in [-0.05, 0) is 31.0 Å². The maximum atomic E-state index is 9.51. The Kier molecular flexibility index (Phi) is 6.35. The molecule has 0 aliphatic heterocycles. The molecule has 0 aliphatic rings. The number of benzene rings is 1. The molecule has 0 bridgehead atoms. The Morgan fingerprint density at radius 2 is 1.37 bits per heavy atom. The summed E-state index contributed by atoms with van der Waals surface area (Å²) in [6, 6.07) is 5.52.